The van der Waals surface area contributed by atoms with E-state index in [4.69, 9.17) is 5.84 Å². The zero-order valence-corrected chi connectivity index (χ0v) is 10.9. The molecule has 0 radical (unpaired) electrons. The number of hydrazine groups is 1. The summed E-state index contributed by atoms with van der Waals surface area (Å²) in [5.41, 5.74) is 4.22. The molecule has 1 heterocycles. The molecule has 0 saturated heterocycles. The van der Waals surface area contributed by atoms with Crippen LogP contribution in [-0.2, 0) is 6.54 Å². The molecule has 17 heavy (non-hydrogen) atoms. The van der Waals surface area contributed by atoms with Crippen LogP contribution in [0.5, 0.6) is 0 Å². The summed E-state index contributed by atoms with van der Waals surface area (Å²) in [4.78, 5) is 0. The molecule has 1 aliphatic rings. The van der Waals surface area contributed by atoms with E-state index in [1.165, 1.54) is 31.2 Å². The molecule has 0 bridgehead atoms. The molecule has 1 aromatic heterocycles. The maximum absolute atomic E-state index is 5.73. The quantitative estimate of drug-likeness (QED) is 0.622. The summed E-state index contributed by atoms with van der Waals surface area (Å²) >= 11 is 0. The summed E-state index contributed by atoms with van der Waals surface area (Å²) in [5, 5.41) is 4.33. The summed E-state index contributed by atoms with van der Waals surface area (Å²) in [6.45, 7) is 5.36. The fraction of sp³-hybridized carbons (Fsp3) is 0.769. The second kappa shape index (κ2) is 5.65. The Balaban J connectivity index is 2.05. The van der Waals surface area contributed by atoms with Gasteiger partial charge in [0.05, 0.1) is 12.2 Å². The second-order valence-corrected chi connectivity index (χ2v) is 5.29. The van der Waals surface area contributed by atoms with E-state index in [0.29, 0.717) is 5.92 Å². The Morgan fingerprint density at radius 1 is 1.47 bits per heavy atom. The number of hydrogen-bond acceptors (Lipinski definition) is 3. The Morgan fingerprint density at radius 2 is 2.18 bits per heavy atom. The fourth-order valence-electron chi connectivity index (χ4n) is 2.84. The van der Waals surface area contributed by atoms with Gasteiger partial charge in [-0.2, -0.15) is 5.10 Å². The molecule has 0 aliphatic heterocycles. The van der Waals surface area contributed by atoms with Crippen LogP contribution < -0.4 is 11.3 Å². The van der Waals surface area contributed by atoms with Crippen molar-refractivity contribution in [3.05, 3.63) is 18.0 Å². The number of nitrogens with zero attached hydrogens (tertiary/aromatic N) is 2. The Morgan fingerprint density at radius 3 is 2.71 bits per heavy atom. The topological polar surface area (TPSA) is 55.9 Å². The Bertz CT molecular complexity index is 339. The van der Waals surface area contributed by atoms with Crippen molar-refractivity contribution in [1.82, 2.24) is 15.2 Å². The molecule has 0 aromatic carbocycles. The van der Waals surface area contributed by atoms with Crippen molar-refractivity contribution in [2.45, 2.75) is 52.1 Å². The molecule has 1 fully saturated rings. The van der Waals surface area contributed by atoms with Gasteiger partial charge in [0.25, 0.3) is 0 Å². The van der Waals surface area contributed by atoms with E-state index in [-0.39, 0.29) is 6.04 Å². The van der Waals surface area contributed by atoms with Crippen LogP contribution in [0.3, 0.4) is 0 Å². The average molecular weight is 236 g/mol. The molecular formula is C13H24N4. The number of nitrogens with two attached hydrogens (primary N) is 1. The summed E-state index contributed by atoms with van der Waals surface area (Å²) in [5.74, 6) is 7.27. The van der Waals surface area contributed by atoms with Gasteiger partial charge in [0.15, 0.2) is 0 Å². The zero-order valence-electron chi connectivity index (χ0n) is 10.9. The molecule has 4 heteroatoms. The summed E-state index contributed by atoms with van der Waals surface area (Å²) < 4.78 is 1.96. The third kappa shape index (κ3) is 2.87. The highest BCUT2D eigenvalue weighted by Gasteiger charge is 2.27. The molecule has 1 aromatic rings. The molecule has 0 amide bonds. The first-order valence-electron chi connectivity index (χ1n) is 6.73. The SMILES string of the molecule is CCn1cc(C(NN)C2CCC(C)CC2)cn1. The highest BCUT2D eigenvalue weighted by atomic mass is 15.3. The first kappa shape index (κ1) is 12.6. The van der Waals surface area contributed by atoms with Crippen LogP contribution in [0.1, 0.15) is 51.1 Å². The minimum absolute atomic E-state index is 0.266. The van der Waals surface area contributed by atoms with Gasteiger partial charge in [0.1, 0.15) is 0 Å². The van der Waals surface area contributed by atoms with Crippen LogP contribution in [-0.4, -0.2) is 9.78 Å². The smallest absolute Gasteiger partial charge is 0.0538 e. The van der Waals surface area contributed by atoms with Gasteiger partial charge in [-0.05, 0) is 31.6 Å². The van der Waals surface area contributed by atoms with Gasteiger partial charge in [0, 0.05) is 18.3 Å². The second-order valence-electron chi connectivity index (χ2n) is 5.29. The van der Waals surface area contributed by atoms with Crippen molar-refractivity contribution in [2.75, 3.05) is 0 Å². The van der Waals surface area contributed by atoms with Crippen LogP contribution in [0.2, 0.25) is 0 Å². The van der Waals surface area contributed by atoms with Gasteiger partial charge < -0.3 is 0 Å². The minimum atomic E-state index is 0.266. The van der Waals surface area contributed by atoms with E-state index in [1.54, 1.807) is 0 Å². The van der Waals surface area contributed by atoms with E-state index in [2.05, 4.69) is 30.6 Å². The monoisotopic (exact) mass is 236 g/mol. The lowest BCUT2D eigenvalue weighted by atomic mass is 9.78. The maximum atomic E-state index is 5.73. The van der Waals surface area contributed by atoms with Crippen LogP contribution in [0, 0.1) is 11.8 Å². The van der Waals surface area contributed by atoms with E-state index >= 15 is 0 Å². The van der Waals surface area contributed by atoms with Crippen LogP contribution >= 0.6 is 0 Å². The van der Waals surface area contributed by atoms with Crippen molar-refractivity contribution < 1.29 is 0 Å². The summed E-state index contributed by atoms with van der Waals surface area (Å²) in [6, 6.07) is 0.266. The number of aryl methyl sites for hydroxylation is 1. The molecule has 1 saturated carbocycles. The summed E-state index contributed by atoms with van der Waals surface area (Å²) in [6.07, 6.45) is 9.25. The highest BCUT2D eigenvalue weighted by molar-refractivity contribution is 5.11. The van der Waals surface area contributed by atoms with Crippen LogP contribution in [0.25, 0.3) is 0 Å². The van der Waals surface area contributed by atoms with Crippen LogP contribution in [0.15, 0.2) is 12.4 Å². The lowest BCUT2D eigenvalue weighted by molar-refractivity contribution is 0.232. The predicted molar refractivity (Wildman–Crippen MR) is 69.1 cm³/mol. The molecule has 3 N–H and O–H groups in total. The normalized spacial score (nSPS) is 27.0. The van der Waals surface area contributed by atoms with Gasteiger partial charge in [-0.15, -0.1) is 0 Å². The third-order valence-electron chi connectivity index (χ3n) is 4.05. The number of hydrogen-bond donors (Lipinski definition) is 2. The zero-order chi connectivity index (χ0) is 12.3. The van der Waals surface area contributed by atoms with E-state index < -0.39 is 0 Å². The lowest BCUT2D eigenvalue weighted by Gasteiger charge is -2.31. The lowest BCUT2D eigenvalue weighted by Crippen LogP contribution is -2.35. The molecule has 4 nitrogen and oxygen atoms in total. The van der Waals surface area contributed by atoms with Crippen LogP contribution in [0.4, 0.5) is 0 Å². The minimum Gasteiger partial charge on any atom is -0.273 e. The summed E-state index contributed by atoms with van der Waals surface area (Å²) in [7, 11) is 0. The van der Waals surface area contributed by atoms with Gasteiger partial charge in [0.2, 0.25) is 0 Å². The van der Waals surface area contributed by atoms with Gasteiger partial charge >= 0.3 is 0 Å². The Hall–Kier alpha value is -0.870. The number of aromatic nitrogens is 2. The Kier molecular flexibility index (Phi) is 4.18. The molecule has 1 unspecified atom stereocenters. The molecule has 2 rings (SSSR count). The predicted octanol–water partition coefficient (Wildman–Crippen LogP) is 2.23. The molecular weight excluding hydrogens is 212 g/mol. The average Bonchev–Trinajstić information content (AvgIpc) is 2.81. The molecule has 1 atom stereocenters. The number of rotatable bonds is 4. The van der Waals surface area contributed by atoms with E-state index in [0.717, 1.165) is 12.5 Å². The first-order valence-corrected chi connectivity index (χ1v) is 6.73. The molecule has 1 aliphatic carbocycles. The van der Waals surface area contributed by atoms with Crippen molar-refractivity contribution >= 4 is 0 Å². The largest absolute Gasteiger partial charge is 0.273 e. The van der Waals surface area contributed by atoms with E-state index in [1.807, 2.05) is 10.9 Å². The third-order valence-corrected chi connectivity index (χ3v) is 4.05. The van der Waals surface area contributed by atoms with Gasteiger partial charge in [-0.3, -0.25) is 16.0 Å². The van der Waals surface area contributed by atoms with Gasteiger partial charge in [-0.1, -0.05) is 19.8 Å². The Labute approximate surface area is 104 Å². The van der Waals surface area contributed by atoms with E-state index in [9.17, 15) is 0 Å². The van der Waals surface area contributed by atoms with Crippen molar-refractivity contribution in [2.24, 2.45) is 17.7 Å². The molecule has 96 valence electrons. The van der Waals surface area contributed by atoms with Crippen molar-refractivity contribution in [3.63, 3.8) is 0 Å². The first-order chi connectivity index (χ1) is 8.24. The number of nitrogens with one attached hydrogen (secondary N) is 1. The van der Waals surface area contributed by atoms with Crippen molar-refractivity contribution in [3.8, 4) is 0 Å². The highest BCUT2D eigenvalue weighted by Crippen LogP contribution is 2.36. The standard InChI is InChI=1S/C13H24N4/c1-3-17-9-12(8-15-17)13(16-14)11-6-4-10(2)5-7-11/h8-11,13,16H,3-7,14H2,1-2H3. The molecule has 0 spiro atoms. The maximum Gasteiger partial charge on any atom is 0.0538 e. The fourth-order valence-corrected chi connectivity index (χ4v) is 2.84. The van der Waals surface area contributed by atoms with Crippen molar-refractivity contribution in [1.29, 1.82) is 0 Å². The van der Waals surface area contributed by atoms with Gasteiger partial charge in [-0.25, -0.2) is 0 Å².